The summed E-state index contributed by atoms with van der Waals surface area (Å²) in [7, 11) is 0. The fourth-order valence-corrected chi connectivity index (χ4v) is 2.31. The molecule has 1 aromatic carbocycles. The summed E-state index contributed by atoms with van der Waals surface area (Å²) in [5, 5.41) is 48.6. The molecule has 136 valence electrons. The van der Waals surface area contributed by atoms with E-state index >= 15 is 0 Å². The Morgan fingerprint density at radius 1 is 1.04 bits per heavy atom. The summed E-state index contributed by atoms with van der Waals surface area (Å²) in [4.78, 5) is 0. The maximum Gasteiger partial charge on any atom is 0.186 e. The molecule has 9 heteroatoms. The average Bonchev–Trinajstić information content (AvgIpc) is 2.58. The van der Waals surface area contributed by atoms with Crippen LogP contribution in [0.1, 0.15) is 0 Å². The third-order valence-electron chi connectivity index (χ3n) is 3.56. The van der Waals surface area contributed by atoms with E-state index in [1.807, 2.05) is 0 Å². The van der Waals surface area contributed by atoms with Gasteiger partial charge in [0.15, 0.2) is 6.29 Å². The van der Waals surface area contributed by atoms with Crippen LogP contribution in [-0.2, 0) is 9.47 Å². The lowest BCUT2D eigenvalue weighted by molar-refractivity contribution is -0.304. The molecule has 0 spiro atoms. The molecule has 24 heavy (non-hydrogen) atoms. The number of rotatable bonds is 7. The van der Waals surface area contributed by atoms with Gasteiger partial charge in [0.25, 0.3) is 0 Å². The third kappa shape index (κ3) is 5.01. The Kier molecular flexibility index (Phi) is 7.20. The molecule has 1 aliphatic heterocycles. The maximum atomic E-state index is 9.85. The topological polar surface area (TPSA) is 129 Å². The molecule has 1 unspecified atom stereocenters. The molecule has 1 aliphatic rings. The van der Waals surface area contributed by atoms with E-state index in [0.717, 1.165) is 0 Å². The summed E-state index contributed by atoms with van der Waals surface area (Å²) in [5.41, 5.74) is 0. The summed E-state index contributed by atoms with van der Waals surface area (Å²) in [5.74, 6) is 0.520. The normalized spacial score (nSPS) is 31.7. The first-order chi connectivity index (χ1) is 11.4. The van der Waals surface area contributed by atoms with Crippen molar-refractivity contribution >= 4 is 11.6 Å². The SMILES string of the molecule is OC[C@H]1O[C@@H](OCC(O)COc2ccc(Cl)cc2)[C@H](O)[C@@H](O)[C@H]1O. The van der Waals surface area contributed by atoms with Gasteiger partial charge in [0.2, 0.25) is 0 Å². The lowest BCUT2D eigenvalue weighted by Gasteiger charge is -2.39. The van der Waals surface area contributed by atoms with E-state index in [2.05, 4.69) is 0 Å². The highest BCUT2D eigenvalue weighted by molar-refractivity contribution is 6.30. The zero-order valence-corrected chi connectivity index (χ0v) is 13.5. The Balaban J connectivity index is 1.78. The number of aliphatic hydroxyl groups excluding tert-OH is 5. The van der Waals surface area contributed by atoms with Crippen LogP contribution in [0.25, 0.3) is 0 Å². The first-order valence-corrected chi connectivity index (χ1v) is 7.78. The third-order valence-corrected chi connectivity index (χ3v) is 3.81. The van der Waals surface area contributed by atoms with E-state index in [9.17, 15) is 20.4 Å². The van der Waals surface area contributed by atoms with Crippen molar-refractivity contribution in [3.63, 3.8) is 0 Å². The smallest absolute Gasteiger partial charge is 0.186 e. The number of benzene rings is 1. The van der Waals surface area contributed by atoms with Crippen LogP contribution in [0, 0.1) is 0 Å². The van der Waals surface area contributed by atoms with Gasteiger partial charge in [-0.15, -0.1) is 0 Å². The Morgan fingerprint density at radius 2 is 1.71 bits per heavy atom. The van der Waals surface area contributed by atoms with Crippen LogP contribution in [-0.4, -0.2) is 82.2 Å². The fourth-order valence-electron chi connectivity index (χ4n) is 2.18. The molecule has 1 saturated heterocycles. The molecule has 0 bridgehead atoms. The van der Waals surface area contributed by atoms with Crippen LogP contribution in [0.5, 0.6) is 5.75 Å². The zero-order chi connectivity index (χ0) is 17.7. The Morgan fingerprint density at radius 3 is 2.33 bits per heavy atom. The average molecular weight is 365 g/mol. The monoisotopic (exact) mass is 364 g/mol. The molecule has 0 radical (unpaired) electrons. The quantitative estimate of drug-likeness (QED) is 0.412. The van der Waals surface area contributed by atoms with E-state index in [4.69, 9.17) is 30.9 Å². The highest BCUT2D eigenvalue weighted by Crippen LogP contribution is 2.22. The second kappa shape index (κ2) is 8.93. The zero-order valence-electron chi connectivity index (χ0n) is 12.7. The van der Waals surface area contributed by atoms with Crippen molar-refractivity contribution in [3.05, 3.63) is 29.3 Å². The van der Waals surface area contributed by atoms with Crippen LogP contribution >= 0.6 is 11.6 Å². The van der Waals surface area contributed by atoms with Crippen molar-refractivity contribution in [2.24, 2.45) is 0 Å². The van der Waals surface area contributed by atoms with Crippen molar-refractivity contribution in [1.82, 2.24) is 0 Å². The van der Waals surface area contributed by atoms with Crippen LogP contribution < -0.4 is 4.74 Å². The molecular weight excluding hydrogens is 344 g/mol. The summed E-state index contributed by atoms with van der Waals surface area (Å²) in [6.07, 6.45) is -7.85. The van der Waals surface area contributed by atoms with Crippen LogP contribution in [0.15, 0.2) is 24.3 Å². The number of hydrogen-bond donors (Lipinski definition) is 5. The Hall–Kier alpha value is -0.970. The van der Waals surface area contributed by atoms with Gasteiger partial charge in [-0.3, -0.25) is 0 Å². The van der Waals surface area contributed by atoms with Crippen molar-refractivity contribution in [2.45, 2.75) is 36.8 Å². The minimum atomic E-state index is -1.52. The van der Waals surface area contributed by atoms with E-state index < -0.39 is 43.4 Å². The number of aliphatic hydroxyl groups is 5. The first kappa shape index (κ1) is 19.4. The predicted octanol–water partition coefficient (Wildman–Crippen LogP) is -1.10. The van der Waals surface area contributed by atoms with Gasteiger partial charge < -0.3 is 39.7 Å². The van der Waals surface area contributed by atoms with Gasteiger partial charge in [-0.2, -0.15) is 0 Å². The van der Waals surface area contributed by atoms with E-state index in [0.29, 0.717) is 10.8 Å². The Labute approximate surface area is 143 Å². The molecule has 0 amide bonds. The second-order valence-corrected chi connectivity index (χ2v) is 5.89. The van der Waals surface area contributed by atoms with Crippen LogP contribution in [0.3, 0.4) is 0 Å². The molecule has 5 N–H and O–H groups in total. The molecule has 0 aromatic heterocycles. The van der Waals surface area contributed by atoms with E-state index in [1.54, 1.807) is 24.3 Å². The molecule has 1 fully saturated rings. The van der Waals surface area contributed by atoms with E-state index in [-0.39, 0.29) is 13.2 Å². The lowest BCUT2D eigenvalue weighted by atomic mass is 9.99. The molecule has 8 nitrogen and oxygen atoms in total. The van der Waals surface area contributed by atoms with Gasteiger partial charge in [-0.05, 0) is 24.3 Å². The maximum absolute atomic E-state index is 9.85. The van der Waals surface area contributed by atoms with Crippen LogP contribution in [0.2, 0.25) is 5.02 Å². The predicted molar refractivity (Wildman–Crippen MR) is 82.7 cm³/mol. The van der Waals surface area contributed by atoms with Gasteiger partial charge in [-0.1, -0.05) is 11.6 Å². The minimum Gasteiger partial charge on any atom is -0.491 e. The summed E-state index contributed by atoms with van der Waals surface area (Å²) in [6, 6.07) is 6.59. The van der Waals surface area contributed by atoms with Crippen molar-refractivity contribution in [2.75, 3.05) is 19.8 Å². The van der Waals surface area contributed by atoms with Crippen molar-refractivity contribution in [3.8, 4) is 5.75 Å². The largest absolute Gasteiger partial charge is 0.491 e. The van der Waals surface area contributed by atoms with Gasteiger partial charge >= 0.3 is 0 Å². The molecule has 1 heterocycles. The van der Waals surface area contributed by atoms with E-state index in [1.165, 1.54) is 0 Å². The number of ether oxygens (including phenoxy) is 3. The number of hydrogen-bond acceptors (Lipinski definition) is 8. The second-order valence-electron chi connectivity index (χ2n) is 5.45. The summed E-state index contributed by atoms with van der Waals surface area (Å²) >= 11 is 5.75. The summed E-state index contributed by atoms with van der Waals surface area (Å²) < 4.78 is 15.7. The van der Waals surface area contributed by atoms with Gasteiger partial charge in [0.05, 0.1) is 13.2 Å². The molecule has 0 aliphatic carbocycles. The minimum absolute atomic E-state index is 0.0704. The first-order valence-electron chi connectivity index (χ1n) is 7.41. The number of halogens is 1. The van der Waals surface area contributed by atoms with Gasteiger partial charge in [-0.25, -0.2) is 0 Å². The Bertz CT molecular complexity index is 497. The molecular formula is C15H21ClO8. The van der Waals surface area contributed by atoms with Crippen LogP contribution in [0.4, 0.5) is 0 Å². The fraction of sp³-hybridized carbons (Fsp3) is 0.600. The van der Waals surface area contributed by atoms with Crippen molar-refractivity contribution < 1.29 is 39.7 Å². The molecule has 0 saturated carbocycles. The standard InChI is InChI=1S/C15H21ClO8/c16-8-1-3-10(4-2-8)22-6-9(18)7-23-15-14(21)13(20)12(19)11(5-17)24-15/h1-4,9,11-15,17-21H,5-7H2/t9?,11-,12+,13+,14-,15-/m1/s1. The lowest BCUT2D eigenvalue weighted by Crippen LogP contribution is -2.59. The van der Waals surface area contributed by atoms with Gasteiger partial charge in [0.1, 0.15) is 42.9 Å². The summed E-state index contributed by atoms with van der Waals surface area (Å²) in [6.45, 7) is -0.859. The molecule has 6 atom stereocenters. The highest BCUT2D eigenvalue weighted by atomic mass is 35.5. The van der Waals surface area contributed by atoms with Gasteiger partial charge in [0, 0.05) is 5.02 Å². The molecule has 2 rings (SSSR count). The van der Waals surface area contributed by atoms with Crippen molar-refractivity contribution in [1.29, 1.82) is 0 Å². The molecule has 1 aromatic rings. The highest BCUT2D eigenvalue weighted by Gasteiger charge is 2.44.